The molecule has 0 bridgehead atoms. The van der Waals surface area contributed by atoms with E-state index < -0.39 is 11.4 Å². The number of rotatable bonds is 0. The Balaban J connectivity index is 0.000000255. The lowest BCUT2D eigenvalue weighted by molar-refractivity contribution is -0.142. The Bertz CT molecular complexity index is 191. The number of cyclic esters (lactones) is 1. The van der Waals surface area contributed by atoms with Crippen LogP contribution >= 0.6 is 11.6 Å². The van der Waals surface area contributed by atoms with Crippen molar-refractivity contribution in [1.29, 1.82) is 0 Å². The molecule has 0 atom stereocenters. The summed E-state index contributed by atoms with van der Waals surface area (Å²) in [6, 6.07) is 0. The van der Waals surface area contributed by atoms with Crippen LogP contribution in [-0.4, -0.2) is 12.6 Å². The Morgan fingerprint density at radius 3 is 2.29 bits per heavy atom. The fraction of sp³-hybridized carbons (Fsp3) is 0.625. The highest BCUT2D eigenvalue weighted by Gasteiger charge is 2.05. The Labute approximate surface area is 84.7 Å². The normalized spacial score (nSPS) is 15.9. The molecule has 0 aromatic carbocycles. The second-order valence-corrected chi connectivity index (χ2v) is 2.88. The van der Waals surface area contributed by atoms with E-state index in [9.17, 15) is 18.0 Å². The Morgan fingerprint density at radius 2 is 1.79 bits per heavy atom. The maximum atomic E-state index is 10.7. The summed E-state index contributed by atoms with van der Waals surface area (Å²) in [4.78, 5) is 10.5. The van der Waals surface area contributed by atoms with Crippen LogP contribution in [0.4, 0.5) is 13.2 Å². The topological polar surface area (TPSA) is 26.3 Å². The maximum Gasteiger partial charge on any atom is 0.317 e. The van der Waals surface area contributed by atoms with Crippen molar-refractivity contribution in [2.75, 3.05) is 6.61 Å². The lowest BCUT2D eigenvalue weighted by atomic mass is 10.2. The first kappa shape index (κ1) is 13.3. The average Bonchev–Trinajstić information content (AvgIpc) is 2.33. The molecule has 0 saturated carbocycles. The van der Waals surface area contributed by atoms with Crippen molar-refractivity contribution in [1.82, 2.24) is 0 Å². The molecule has 0 N–H and O–H groups in total. The average molecular weight is 231 g/mol. The number of halogens is 4. The summed E-state index contributed by atoms with van der Waals surface area (Å²) in [6.45, 7) is 0.638. The molecule has 2 nitrogen and oxygen atoms in total. The second kappa shape index (κ2) is 7.67. The second-order valence-electron chi connectivity index (χ2n) is 2.55. The summed E-state index contributed by atoms with van der Waals surface area (Å²) in [5, 5.41) is -1.94. The SMILES string of the molecule is FC(F)=C(F)Cl.O=C1CCCCCO1. The molecular formula is C8H10ClF3O2. The number of hydrogen-bond donors (Lipinski definition) is 0. The van der Waals surface area contributed by atoms with Crippen molar-refractivity contribution < 1.29 is 22.7 Å². The predicted octanol–water partition coefficient (Wildman–Crippen LogP) is 3.36. The monoisotopic (exact) mass is 230 g/mol. The molecule has 1 rings (SSSR count). The van der Waals surface area contributed by atoms with Crippen LogP contribution in [0.2, 0.25) is 0 Å². The quantitative estimate of drug-likeness (QED) is 0.597. The van der Waals surface area contributed by atoms with E-state index in [1.54, 1.807) is 0 Å². The molecule has 1 fully saturated rings. The molecule has 0 spiro atoms. The minimum Gasteiger partial charge on any atom is -0.466 e. The van der Waals surface area contributed by atoms with Gasteiger partial charge in [0.25, 0.3) is 5.29 Å². The molecule has 1 aliphatic rings. The summed E-state index contributed by atoms with van der Waals surface area (Å²) < 4.78 is 36.5. The number of carbonyl (C=O) groups is 1. The predicted molar refractivity (Wildman–Crippen MR) is 45.6 cm³/mol. The standard InChI is InChI=1S/C6H10O2.C2ClF3/c7-6-4-2-1-3-5-8-6;3-1(4)2(5)6/h1-5H2;. The molecule has 0 aromatic rings. The summed E-state index contributed by atoms with van der Waals surface area (Å²) in [5.41, 5.74) is 0. The fourth-order valence-electron chi connectivity index (χ4n) is 0.806. The summed E-state index contributed by atoms with van der Waals surface area (Å²) in [5.74, 6) is -0.0255. The van der Waals surface area contributed by atoms with E-state index in [1.165, 1.54) is 0 Å². The number of carbonyl (C=O) groups excluding carboxylic acids is 1. The third-order valence-corrected chi connectivity index (χ3v) is 1.57. The molecule has 0 amide bonds. The van der Waals surface area contributed by atoms with Gasteiger partial charge in [-0.15, -0.1) is 0 Å². The van der Waals surface area contributed by atoms with Crippen LogP contribution in [0.25, 0.3) is 0 Å². The van der Waals surface area contributed by atoms with Gasteiger partial charge >= 0.3 is 12.0 Å². The molecule has 6 heteroatoms. The maximum absolute atomic E-state index is 10.7. The van der Waals surface area contributed by atoms with Crippen molar-refractivity contribution in [2.45, 2.75) is 25.7 Å². The molecule has 0 unspecified atom stereocenters. The van der Waals surface area contributed by atoms with Gasteiger partial charge in [0.05, 0.1) is 6.61 Å². The molecule has 82 valence electrons. The summed E-state index contributed by atoms with van der Waals surface area (Å²) >= 11 is 4.08. The first-order valence-corrected chi connectivity index (χ1v) is 4.43. The third-order valence-electron chi connectivity index (χ3n) is 1.43. The molecule has 14 heavy (non-hydrogen) atoms. The van der Waals surface area contributed by atoms with E-state index in [0.29, 0.717) is 13.0 Å². The van der Waals surface area contributed by atoms with Crippen LogP contribution < -0.4 is 0 Å². The molecule has 0 aliphatic carbocycles. The number of hydrogen-bond acceptors (Lipinski definition) is 2. The zero-order valence-electron chi connectivity index (χ0n) is 7.36. The van der Waals surface area contributed by atoms with Gasteiger partial charge in [0, 0.05) is 6.42 Å². The largest absolute Gasteiger partial charge is 0.466 e. The van der Waals surface area contributed by atoms with E-state index in [4.69, 9.17) is 4.74 Å². The van der Waals surface area contributed by atoms with Gasteiger partial charge in [0.15, 0.2) is 0 Å². The first-order chi connectivity index (χ1) is 6.54. The fourth-order valence-corrected chi connectivity index (χ4v) is 0.806. The van der Waals surface area contributed by atoms with E-state index in [2.05, 4.69) is 11.6 Å². The molecule has 0 aromatic heterocycles. The van der Waals surface area contributed by atoms with Gasteiger partial charge in [-0.3, -0.25) is 4.79 Å². The van der Waals surface area contributed by atoms with Crippen LogP contribution in [0.15, 0.2) is 11.4 Å². The van der Waals surface area contributed by atoms with Crippen LogP contribution in [0.5, 0.6) is 0 Å². The number of ether oxygens (including phenoxy) is 1. The highest BCUT2D eigenvalue weighted by atomic mass is 35.5. The molecule has 1 heterocycles. The molecular weight excluding hydrogens is 221 g/mol. The molecule has 1 aliphatic heterocycles. The molecule has 1 saturated heterocycles. The van der Waals surface area contributed by atoms with E-state index in [0.717, 1.165) is 19.3 Å². The van der Waals surface area contributed by atoms with Gasteiger partial charge < -0.3 is 4.74 Å². The number of esters is 1. The van der Waals surface area contributed by atoms with Gasteiger partial charge in [0.1, 0.15) is 0 Å². The van der Waals surface area contributed by atoms with Gasteiger partial charge in [-0.25, -0.2) is 0 Å². The Hall–Kier alpha value is -0.710. The van der Waals surface area contributed by atoms with Crippen molar-refractivity contribution in [3.05, 3.63) is 11.4 Å². The van der Waals surface area contributed by atoms with Crippen LogP contribution in [0.1, 0.15) is 25.7 Å². The van der Waals surface area contributed by atoms with E-state index in [1.807, 2.05) is 0 Å². The van der Waals surface area contributed by atoms with Crippen LogP contribution in [0.3, 0.4) is 0 Å². The lowest BCUT2D eigenvalue weighted by Crippen LogP contribution is -2.00. The third kappa shape index (κ3) is 7.91. The smallest absolute Gasteiger partial charge is 0.317 e. The van der Waals surface area contributed by atoms with E-state index in [-0.39, 0.29) is 5.97 Å². The molecule has 0 radical (unpaired) electrons. The van der Waals surface area contributed by atoms with Crippen molar-refractivity contribution in [3.63, 3.8) is 0 Å². The minimum absolute atomic E-state index is 0.0255. The highest BCUT2D eigenvalue weighted by molar-refractivity contribution is 6.28. The van der Waals surface area contributed by atoms with Gasteiger partial charge in [-0.2, -0.15) is 13.2 Å². The Morgan fingerprint density at radius 1 is 1.21 bits per heavy atom. The van der Waals surface area contributed by atoms with E-state index >= 15 is 0 Å². The van der Waals surface area contributed by atoms with Crippen molar-refractivity contribution >= 4 is 17.6 Å². The van der Waals surface area contributed by atoms with Crippen molar-refractivity contribution in [2.24, 2.45) is 0 Å². The van der Waals surface area contributed by atoms with Gasteiger partial charge in [-0.05, 0) is 30.9 Å². The Kier molecular flexibility index (Phi) is 7.28. The first-order valence-electron chi connectivity index (χ1n) is 4.06. The zero-order valence-corrected chi connectivity index (χ0v) is 8.12. The van der Waals surface area contributed by atoms with Crippen LogP contribution in [0, 0.1) is 0 Å². The summed E-state index contributed by atoms with van der Waals surface area (Å²) in [7, 11) is 0. The zero-order chi connectivity index (χ0) is 11.0. The van der Waals surface area contributed by atoms with Crippen molar-refractivity contribution in [3.8, 4) is 0 Å². The lowest BCUT2D eigenvalue weighted by Gasteiger charge is -1.93. The minimum atomic E-state index is -2.48. The van der Waals surface area contributed by atoms with Gasteiger partial charge in [-0.1, -0.05) is 0 Å². The highest BCUT2D eigenvalue weighted by Crippen LogP contribution is 2.11. The summed E-state index contributed by atoms with van der Waals surface area (Å²) in [6.07, 6.45) is 1.35. The van der Waals surface area contributed by atoms with Crippen LogP contribution in [-0.2, 0) is 9.53 Å². The van der Waals surface area contributed by atoms with Gasteiger partial charge in [0.2, 0.25) is 0 Å².